The zero-order valence-electron chi connectivity index (χ0n) is 16.2. The van der Waals surface area contributed by atoms with Crippen LogP contribution < -0.4 is 5.32 Å². The summed E-state index contributed by atoms with van der Waals surface area (Å²) in [5.41, 5.74) is 0.979. The lowest BCUT2D eigenvalue weighted by atomic mass is 9.99. The Hall–Kier alpha value is -2.26. The first-order chi connectivity index (χ1) is 12.3. The van der Waals surface area contributed by atoms with E-state index in [4.69, 9.17) is 5.11 Å². The largest absolute Gasteiger partial charge is 0.481 e. The highest BCUT2D eigenvalue weighted by atomic mass is 28.4. The Bertz CT molecular complexity index is 712. The van der Waals surface area contributed by atoms with E-state index in [0.717, 1.165) is 5.56 Å². The van der Waals surface area contributed by atoms with E-state index in [1.807, 2.05) is 26.9 Å². The number of carbonyl (C=O) groups excluding carboxylic acids is 1. The number of anilines is 1. The van der Waals surface area contributed by atoms with Gasteiger partial charge in [0.2, 0.25) is 5.91 Å². The molecule has 1 aromatic rings. The van der Waals surface area contributed by atoms with E-state index in [9.17, 15) is 24.5 Å². The smallest absolute Gasteiger partial charge is 0.303 e. The van der Waals surface area contributed by atoms with Gasteiger partial charge in [-0.05, 0) is 43.0 Å². The lowest BCUT2D eigenvalue weighted by Crippen LogP contribution is -2.39. The molecule has 0 unspecified atom stereocenters. The standard InChI is InChI=1S/C18H28N2O6Si/c1-18(2,27(3,4)26)11-10-13-8-9-14(20(24)25)12-15(13)19-16(21)6-5-7-17(22)23/h8-9,12,26H,5-7,10-11H2,1-4H3,(H,19,21)(H,22,23). The van der Waals surface area contributed by atoms with E-state index in [1.54, 1.807) is 6.07 Å². The lowest BCUT2D eigenvalue weighted by molar-refractivity contribution is -0.384. The molecule has 0 saturated carbocycles. The Kier molecular flexibility index (Phi) is 7.67. The van der Waals surface area contributed by atoms with Crippen molar-refractivity contribution in [2.45, 2.75) is 64.1 Å². The van der Waals surface area contributed by atoms with Gasteiger partial charge in [0, 0.05) is 25.0 Å². The Morgan fingerprint density at radius 1 is 1.26 bits per heavy atom. The number of nitro benzene ring substituents is 1. The van der Waals surface area contributed by atoms with Gasteiger partial charge in [-0.1, -0.05) is 19.9 Å². The molecule has 0 radical (unpaired) electrons. The first-order valence-electron chi connectivity index (χ1n) is 8.85. The average Bonchev–Trinajstić information content (AvgIpc) is 2.52. The molecule has 1 rings (SSSR count). The minimum Gasteiger partial charge on any atom is -0.481 e. The second-order valence-electron chi connectivity index (χ2n) is 7.84. The monoisotopic (exact) mass is 396 g/mol. The van der Waals surface area contributed by atoms with E-state index in [1.165, 1.54) is 12.1 Å². The van der Waals surface area contributed by atoms with E-state index in [2.05, 4.69) is 5.32 Å². The van der Waals surface area contributed by atoms with Crippen LogP contribution >= 0.6 is 0 Å². The van der Waals surface area contributed by atoms with Crippen molar-refractivity contribution in [2.24, 2.45) is 0 Å². The van der Waals surface area contributed by atoms with Crippen LogP contribution in [0, 0.1) is 10.1 Å². The molecular weight excluding hydrogens is 368 g/mol. The molecule has 0 saturated heterocycles. The molecule has 0 heterocycles. The van der Waals surface area contributed by atoms with Crippen molar-refractivity contribution >= 4 is 31.6 Å². The summed E-state index contributed by atoms with van der Waals surface area (Å²) in [5.74, 6) is -1.36. The Morgan fingerprint density at radius 3 is 2.41 bits per heavy atom. The number of nitrogens with zero attached hydrogens (tertiary/aromatic N) is 1. The maximum Gasteiger partial charge on any atom is 0.303 e. The van der Waals surface area contributed by atoms with E-state index in [-0.39, 0.29) is 35.9 Å². The SMILES string of the molecule is CC(C)(CCc1ccc([N+](=O)[O-])cc1NC(=O)CCCC(=O)O)[Si](C)(C)O. The second-order valence-corrected chi connectivity index (χ2v) is 12.3. The van der Waals surface area contributed by atoms with Gasteiger partial charge >= 0.3 is 5.97 Å². The average molecular weight is 397 g/mol. The Labute approximate surface area is 159 Å². The van der Waals surface area contributed by atoms with Crippen LogP contribution in [0.2, 0.25) is 18.1 Å². The topological polar surface area (TPSA) is 130 Å². The van der Waals surface area contributed by atoms with Crippen molar-refractivity contribution in [1.82, 2.24) is 0 Å². The number of aryl methyl sites for hydroxylation is 1. The van der Waals surface area contributed by atoms with Crippen molar-refractivity contribution in [1.29, 1.82) is 0 Å². The summed E-state index contributed by atoms with van der Waals surface area (Å²) < 4.78 is 0. The molecule has 0 aliphatic carbocycles. The van der Waals surface area contributed by atoms with Gasteiger partial charge in [0.15, 0.2) is 8.32 Å². The quantitative estimate of drug-likeness (QED) is 0.314. The number of rotatable bonds is 10. The molecule has 0 bridgehead atoms. The van der Waals surface area contributed by atoms with Gasteiger partial charge in [-0.25, -0.2) is 0 Å². The van der Waals surface area contributed by atoms with Crippen molar-refractivity contribution in [2.75, 3.05) is 5.32 Å². The summed E-state index contributed by atoms with van der Waals surface area (Å²) in [5, 5.41) is 22.1. The van der Waals surface area contributed by atoms with Crippen LogP contribution in [-0.2, 0) is 16.0 Å². The van der Waals surface area contributed by atoms with Crippen molar-refractivity contribution < 1.29 is 24.4 Å². The van der Waals surface area contributed by atoms with Crippen molar-refractivity contribution in [3.8, 4) is 0 Å². The maximum atomic E-state index is 12.1. The molecule has 1 amide bonds. The number of benzene rings is 1. The number of hydrogen-bond donors (Lipinski definition) is 3. The number of carbonyl (C=O) groups is 2. The molecule has 0 aliphatic heterocycles. The molecule has 9 heteroatoms. The molecule has 0 atom stereocenters. The number of amides is 1. The number of carboxylic acid groups (broad SMARTS) is 1. The summed E-state index contributed by atoms with van der Waals surface area (Å²) in [4.78, 5) is 43.6. The minimum absolute atomic E-state index is 0.0243. The minimum atomic E-state index is -2.40. The van der Waals surface area contributed by atoms with Crippen LogP contribution in [0.25, 0.3) is 0 Å². The molecule has 0 aromatic heterocycles. The van der Waals surface area contributed by atoms with Gasteiger partial charge in [0.1, 0.15) is 0 Å². The summed E-state index contributed by atoms with van der Waals surface area (Å²) in [6.07, 6.45) is 1.33. The van der Waals surface area contributed by atoms with Crippen LogP contribution in [0.15, 0.2) is 18.2 Å². The molecule has 8 nitrogen and oxygen atoms in total. The lowest BCUT2D eigenvalue weighted by Gasteiger charge is -2.35. The van der Waals surface area contributed by atoms with Crippen LogP contribution in [0.1, 0.15) is 45.1 Å². The molecule has 0 aliphatic rings. The van der Waals surface area contributed by atoms with Gasteiger partial charge in [0.25, 0.3) is 5.69 Å². The molecule has 0 fully saturated rings. The predicted molar refractivity (Wildman–Crippen MR) is 105 cm³/mol. The Morgan fingerprint density at radius 2 is 1.89 bits per heavy atom. The highest BCUT2D eigenvalue weighted by Crippen LogP contribution is 2.40. The van der Waals surface area contributed by atoms with Crippen LogP contribution in [-0.4, -0.2) is 35.0 Å². The third kappa shape index (κ3) is 7.10. The zero-order chi connectivity index (χ0) is 20.8. The molecule has 27 heavy (non-hydrogen) atoms. The molecular formula is C18H28N2O6Si. The maximum absolute atomic E-state index is 12.1. The fraction of sp³-hybridized carbons (Fsp3) is 0.556. The van der Waals surface area contributed by atoms with Gasteiger partial charge < -0.3 is 15.2 Å². The van der Waals surface area contributed by atoms with Crippen molar-refractivity contribution in [3.63, 3.8) is 0 Å². The number of nitrogens with one attached hydrogen (secondary N) is 1. The number of aliphatic carboxylic acids is 1. The molecule has 3 N–H and O–H groups in total. The summed E-state index contributed by atoms with van der Waals surface area (Å²) in [6.45, 7) is 7.73. The summed E-state index contributed by atoms with van der Waals surface area (Å²) in [7, 11) is -2.40. The third-order valence-electron chi connectivity index (χ3n) is 5.05. The zero-order valence-corrected chi connectivity index (χ0v) is 17.2. The number of carboxylic acids is 1. The highest BCUT2D eigenvalue weighted by molar-refractivity contribution is 6.72. The van der Waals surface area contributed by atoms with Crippen molar-refractivity contribution in [3.05, 3.63) is 33.9 Å². The molecule has 1 aromatic carbocycles. The van der Waals surface area contributed by atoms with Crippen LogP contribution in [0.4, 0.5) is 11.4 Å². The second kappa shape index (κ2) is 9.09. The molecule has 150 valence electrons. The first-order valence-corrected chi connectivity index (χ1v) is 11.8. The number of nitro groups is 1. The highest BCUT2D eigenvalue weighted by Gasteiger charge is 2.37. The summed E-state index contributed by atoms with van der Waals surface area (Å²) in [6, 6.07) is 4.33. The first kappa shape index (κ1) is 22.8. The van der Waals surface area contributed by atoms with Gasteiger partial charge in [-0.2, -0.15) is 0 Å². The fourth-order valence-corrected chi connectivity index (χ4v) is 3.12. The summed E-state index contributed by atoms with van der Waals surface area (Å²) >= 11 is 0. The van der Waals surface area contributed by atoms with E-state index < -0.39 is 19.2 Å². The normalized spacial score (nSPS) is 11.9. The van der Waals surface area contributed by atoms with E-state index in [0.29, 0.717) is 18.5 Å². The predicted octanol–water partition coefficient (Wildman–Crippen LogP) is 3.70. The number of non-ortho nitro benzene ring substituents is 1. The van der Waals surface area contributed by atoms with Gasteiger partial charge in [-0.3, -0.25) is 19.7 Å². The third-order valence-corrected chi connectivity index (χ3v) is 8.61. The Balaban J connectivity index is 2.95. The number of hydrogen-bond acceptors (Lipinski definition) is 5. The fourth-order valence-electron chi connectivity index (χ4n) is 2.38. The van der Waals surface area contributed by atoms with E-state index >= 15 is 0 Å². The van der Waals surface area contributed by atoms with Gasteiger partial charge in [0.05, 0.1) is 10.6 Å². The van der Waals surface area contributed by atoms with Crippen LogP contribution in [0.3, 0.4) is 0 Å². The molecule has 0 spiro atoms. The van der Waals surface area contributed by atoms with Crippen LogP contribution in [0.5, 0.6) is 0 Å². The van der Waals surface area contributed by atoms with Gasteiger partial charge in [-0.15, -0.1) is 0 Å².